The third-order valence-corrected chi connectivity index (χ3v) is 7.14. The number of nitrogens with one attached hydrogen (secondary N) is 1. The Labute approximate surface area is 182 Å². The number of fused-ring (bicyclic) bond motifs is 2. The Morgan fingerprint density at radius 1 is 1.10 bits per heavy atom. The van der Waals surface area contributed by atoms with Gasteiger partial charge in [0, 0.05) is 22.7 Å². The number of aromatic nitrogens is 4. The number of nitrogens with zero attached hydrogens (tertiary/aromatic N) is 4. The number of ether oxygens (including phenoxy) is 1. The molecule has 31 heavy (non-hydrogen) atoms. The Morgan fingerprint density at radius 3 is 2.68 bits per heavy atom. The van der Waals surface area contributed by atoms with Gasteiger partial charge in [-0.1, -0.05) is 19.9 Å². The van der Waals surface area contributed by atoms with Crippen LogP contribution in [-0.4, -0.2) is 56.8 Å². The largest absolute Gasteiger partial charge is 0.378 e. The van der Waals surface area contributed by atoms with Crippen LogP contribution in [0.1, 0.15) is 49.7 Å². The molecule has 2 saturated heterocycles. The van der Waals surface area contributed by atoms with E-state index in [0.717, 1.165) is 24.4 Å². The van der Waals surface area contributed by atoms with Crippen molar-refractivity contribution in [1.82, 2.24) is 24.5 Å². The summed E-state index contributed by atoms with van der Waals surface area (Å²) in [5.74, 6) is 1.07. The van der Waals surface area contributed by atoms with E-state index in [1.807, 2.05) is 10.6 Å². The SMILES string of the molecule is CC(C)c1c(-c2ccc3ncnn3c2)[nH]c2ccc(C3CCN(C4COC4)CC3)cc12. The Kier molecular flexibility index (Phi) is 4.58. The quantitative estimate of drug-likeness (QED) is 0.530. The predicted octanol–water partition coefficient (Wildman–Crippen LogP) is 4.58. The molecule has 0 amide bonds. The lowest BCUT2D eigenvalue weighted by molar-refractivity contribution is -0.0712. The predicted molar refractivity (Wildman–Crippen MR) is 123 cm³/mol. The van der Waals surface area contributed by atoms with Crippen LogP contribution in [0.5, 0.6) is 0 Å². The highest BCUT2D eigenvalue weighted by atomic mass is 16.5. The van der Waals surface area contributed by atoms with Gasteiger partial charge in [0.2, 0.25) is 0 Å². The van der Waals surface area contributed by atoms with Gasteiger partial charge in [-0.15, -0.1) is 0 Å². The lowest BCUT2D eigenvalue weighted by Gasteiger charge is -2.41. The van der Waals surface area contributed by atoms with Gasteiger partial charge in [0.25, 0.3) is 0 Å². The third kappa shape index (κ3) is 3.25. The van der Waals surface area contributed by atoms with Crippen LogP contribution in [0, 0.1) is 0 Å². The third-order valence-electron chi connectivity index (χ3n) is 7.14. The summed E-state index contributed by atoms with van der Waals surface area (Å²) in [5, 5.41) is 5.67. The normalized spacial score (nSPS) is 18.9. The molecule has 0 unspecified atom stereocenters. The molecule has 0 aliphatic carbocycles. The molecule has 2 aliphatic rings. The monoisotopic (exact) mass is 415 g/mol. The van der Waals surface area contributed by atoms with Crippen molar-refractivity contribution in [2.24, 2.45) is 0 Å². The maximum absolute atomic E-state index is 5.39. The smallest absolute Gasteiger partial charge is 0.155 e. The highest BCUT2D eigenvalue weighted by Gasteiger charge is 2.30. The lowest BCUT2D eigenvalue weighted by Crippen LogP contribution is -2.51. The number of pyridine rings is 1. The summed E-state index contributed by atoms with van der Waals surface area (Å²) in [6.45, 7) is 8.77. The summed E-state index contributed by atoms with van der Waals surface area (Å²) >= 11 is 0. The second kappa shape index (κ2) is 7.46. The molecule has 0 spiro atoms. The standard InChI is InChI=1S/C25H29N5O/c1-16(2)24-21-11-18(17-7-9-29(10-8-17)20-13-31-14-20)3-5-22(21)28-25(24)19-4-6-23-26-15-27-30(23)12-19/h3-6,11-12,15-17,20,28H,7-10,13-14H2,1-2H3. The van der Waals surface area contributed by atoms with Crippen LogP contribution in [-0.2, 0) is 4.74 Å². The minimum Gasteiger partial charge on any atom is -0.378 e. The number of rotatable bonds is 4. The fraction of sp³-hybridized carbons (Fsp3) is 0.440. The highest BCUT2D eigenvalue weighted by molar-refractivity contribution is 5.92. The minimum absolute atomic E-state index is 0.422. The topological polar surface area (TPSA) is 58.5 Å². The average molecular weight is 416 g/mol. The van der Waals surface area contributed by atoms with Crippen LogP contribution in [0.25, 0.3) is 27.8 Å². The number of piperidine rings is 1. The average Bonchev–Trinajstić information content (AvgIpc) is 3.36. The van der Waals surface area contributed by atoms with Gasteiger partial charge in [0.1, 0.15) is 6.33 Å². The molecule has 0 bridgehead atoms. The van der Waals surface area contributed by atoms with Gasteiger partial charge in [0.15, 0.2) is 5.65 Å². The van der Waals surface area contributed by atoms with Crippen LogP contribution in [0.4, 0.5) is 0 Å². The zero-order valence-corrected chi connectivity index (χ0v) is 18.2. The molecule has 5 heterocycles. The Hall–Kier alpha value is -2.70. The summed E-state index contributed by atoms with van der Waals surface area (Å²) < 4.78 is 7.23. The number of likely N-dealkylation sites (tertiary alicyclic amines) is 1. The van der Waals surface area contributed by atoms with E-state index < -0.39 is 0 Å². The molecular formula is C25H29N5O. The van der Waals surface area contributed by atoms with E-state index in [0.29, 0.717) is 17.9 Å². The maximum Gasteiger partial charge on any atom is 0.155 e. The molecule has 2 aliphatic heterocycles. The molecule has 160 valence electrons. The first-order chi connectivity index (χ1) is 15.2. The van der Waals surface area contributed by atoms with Crippen LogP contribution in [0.15, 0.2) is 42.9 Å². The fourth-order valence-electron chi connectivity index (χ4n) is 5.31. The van der Waals surface area contributed by atoms with Gasteiger partial charge in [0.05, 0.1) is 24.9 Å². The second-order valence-corrected chi connectivity index (χ2v) is 9.36. The van der Waals surface area contributed by atoms with Crippen LogP contribution < -0.4 is 0 Å². The van der Waals surface area contributed by atoms with Gasteiger partial charge in [-0.2, -0.15) is 5.10 Å². The number of H-pyrrole nitrogens is 1. The summed E-state index contributed by atoms with van der Waals surface area (Å²) in [6.07, 6.45) is 6.14. The Balaban J connectivity index is 1.35. The van der Waals surface area contributed by atoms with Crippen molar-refractivity contribution >= 4 is 16.6 Å². The van der Waals surface area contributed by atoms with E-state index in [1.165, 1.54) is 53.7 Å². The summed E-state index contributed by atoms with van der Waals surface area (Å²) in [4.78, 5) is 10.6. The molecule has 1 aromatic carbocycles. The maximum atomic E-state index is 5.39. The molecule has 6 rings (SSSR count). The Morgan fingerprint density at radius 2 is 1.94 bits per heavy atom. The van der Waals surface area contributed by atoms with Gasteiger partial charge in [-0.25, -0.2) is 9.50 Å². The minimum atomic E-state index is 0.422. The van der Waals surface area contributed by atoms with E-state index in [9.17, 15) is 0 Å². The van der Waals surface area contributed by atoms with Crippen molar-refractivity contribution in [3.63, 3.8) is 0 Å². The molecule has 3 aromatic heterocycles. The highest BCUT2D eigenvalue weighted by Crippen LogP contribution is 2.38. The van der Waals surface area contributed by atoms with Gasteiger partial charge in [-0.3, -0.25) is 4.90 Å². The fourth-order valence-corrected chi connectivity index (χ4v) is 5.31. The second-order valence-electron chi connectivity index (χ2n) is 9.36. The van der Waals surface area contributed by atoms with Gasteiger partial charge >= 0.3 is 0 Å². The zero-order valence-electron chi connectivity index (χ0n) is 18.2. The summed E-state index contributed by atoms with van der Waals surface area (Å²) in [5.41, 5.74) is 7.30. The molecule has 1 N–H and O–H groups in total. The zero-order chi connectivity index (χ0) is 20.9. The van der Waals surface area contributed by atoms with Crippen molar-refractivity contribution in [1.29, 1.82) is 0 Å². The number of benzene rings is 1. The summed E-state index contributed by atoms with van der Waals surface area (Å²) in [7, 11) is 0. The van der Waals surface area contributed by atoms with Crippen LogP contribution in [0.2, 0.25) is 0 Å². The molecule has 2 fully saturated rings. The number of hydrogen-bond acceptors (Lipinski definition) is 4. The molecule has 0 saturated carbocycles. The van der Waals surface area contributed by atoms with E-state index >= 15 is 0 Å². The first-order valence-corrected chi connectivity index (χ1v) is 11.4. The molecule has 4 aromatic rings. The van der Waals surface area contributed by atoms with Crippen LogP contribution in [0.3, 0.4) is 0 Å². The summed E-state index contributed by atoms with van der Waals surface area (Å²) in [6, 6.07) is 11.9. The lowest BCUT2D eigenvalue weighted by atomic mass is 9.87. The molecule has 6 nitrogen and oxygen atoms in total. The first kappa shape index (κ1) is 19.0. The van der Waals surface area contributed by atoms with Crippen molar-refractivity contribution in [2.45, 2.75) is 44.6 Å². The van der Waals surface area contributed by atoms with Crippen molar-refractivity contribution < 1.29 is 4.74 Å². The molecular weight excluding hydrogens is 386 g/mol. The first-order valence-electron chi connectivity index (χ1n) is 11.4. The number of aromatic amines is 1. The van der Waals surface area contributed by atoms with Gasteiger partial charge in [-0.05, 0) is 73.2 Å². The Bertz CT molecular complexity index is 1230. The molecule has 0 atom stereocenters. The van der Waals surface area contributed by atoms with Gasteiger partial charge < -0.3 is 9.72 Å². The molecule has 0 radical (unpaired) electrons. The van der Waals surface area contributed by atoms with Crippen molar-refractivity contribution in [2.75, 3.05) is 26.3 Å². The van der Waals surface area contributed by atoms with E-state index in [2.05, 4.69) is 64.3 Å². The molecule has 6 heteroatoms. The van der Waals surface area contributed by atoms with Crippen molar-refractivity contribution in [3.8, 4) is 11.3 Å². The number of hydrogen-bond donors (Lipinski definition) is 1. The van der Waals surface area contributed by atoms with E-state index in [4.69, 9.17) is 4.74 Å². The van der Waals surface area contributed by atoms with E-state index in [1.54, 1.807) is 6.33 Å². The van der Waals surface area contributed by atoms with E-state index in [-0.39, 0.29) is 0 Å². The van der Waals surface area contributed by atoms with Crippen LogP contribution >= 0.6 is 0 Å². The van der Waals surface area contributed by atoms with Crippen molar-refractivity contribution in [3.05, 3.63) is 54.0 Å².